The maximum atomic E-state index is 12.0. The van der Waals surface area contributed by atoms with Crippen molar-refractivity contribution in [2.75, 3.05) is 13.6 Å². The molecule has 2 aromatic heterocycles. The zero-order valence-electron chi connectivity index (χ0n) is 9.06. The van der Waals surface area contributed by atoms with Gasteiger partial charge in [-0.25, -0.2) is 4.98 Å². The van der Waals surface area contributed by atoms with Crippen LogP contribution in [0.15, 0.2) is 34.7 Å². The summed E-state index contributed by atoms with van der Waals surface area (Å²) < 4.78 is 1.59. The molecule has 0 unspecified atom stereocenters. The van der Waals surface area contributed by atoms with Gasteiger partial charge in [0.2, 0.25) is 0 Å². The van der Waals surface area contributed by atoms with Crippen LogP contribution in [0, 0.1) is 0 Å². The number of rotatable bonds is 4. The topological polar surface area (TPSA) is 46.9 Å². The van der Waals surface area contributed by atoms with Crippen LogP contribution >= 0.6 is 11.3 Å². The third-order valence-corrected chi connectivity index (χ3v) is 3.09. The summed E-state index contributed by atoms with van der Waals surface area (Å²) in [6, 6.07) is 1.81. The summed E-state index contributed by atoms with van der Waals surface area (Å²) in [7, 11) is 1.86. The van der Waals surface area contributed by atoms with E-state index in [1.807, 2.05) is 18.5 Å². The fourth-order valence-electron chi connectivity index (χ4n) is 1.55. The van der Waals surface area contributed by atoms with Crippen molar-refractivity contribution < 1.29 is 0 Å². The quantitative estimate of drug-likeness (QED) is 0.811. The van der Waals surface area contributed by atoms with Gasteiger partial charge >= 0.3 is 0 Å². The predicted octanol–water partition coefficient (Wildman–Crippen LogP) is 1.23. The monoisotopic (exact) mass is 235 g/mol. The van der Waals surface area contributed by atoms with Gasteiger partial charge in [-0.2, -0.15) is 0 Å². The van der Waals surface area contributed by atoms with Crippen molar-refractivity contribution in [1.82, 2.24) is 14.9 Å². The van der Waals surface area contributed by atoms with Crippen molar-refractivity contribution in [3.05, 3.63) is 40.3 Å². The second kappa shape index (κ2) is 4.59. The Labute approximate surface area is 97.2 Å². The molecule has 0 aliphatic rings. The first-order valence-electron chi connectivity index (χ1n) is 4.96. The lowest BCUT2D eigenvalue weighted by molar-refractivity contribution is 0.705. The van der Waals surface area contributed by atoms with Gasteiger partial charge < -0.3 is 5.32 Å². The van der Waals surface area contributed by atoms with Crippen LogP contribution < -0.4 is 10.9 Å². The van der Waals surface area contributed by atoms with Gasteiger partial charge in [0.15, 0.2) is 0 Å². The number of nitrogens with one attached hydrogen (secondary N) is 1. The summed E-state index contributed by atoms with van der Waals surface area (Å²) in [4.78, 5) is 17.0. The molecule has 0 fully saturated rings. The van der Waals surface area contributed by atoms with Gasteiger partial charge in [-0.1, -0.05) is 6.58 Å². The molecule has 84 valence electrons. The summed E-state index contributed by atoms with van der Waals surface area (Å²) in [5, 5.41) is 5.57. The fraction of sp³-hybridized carbons (Fsp3) is 0.273. The van der Waals surface area contributed by atoms with Crippen LogP contribution in [-0.2, 0) is 6.54 Å². The number of thiophene rings is 1. The summed E-state index contributed by atoms with van der Waals surface area (Å²) in [5.74, 6) is 0. The highest BCUT2D eigenvalue weighted by Gasteiger charge is 2.05. The third-order valence-electron chi connectivity index (χ3n) is 2.27. The van der Waals surface area contributed by atoms with E-state index in [0.717, 1.165) is 10.4 Å². The Balaban J connectivity index is 2.34. The van der Waals surface area contributed by atoms with Crippen molar-refractivity contribution in [2.45, 2.75) is 6.54 Å². The number of aromatic nitrogens is 2. The number of hydrogen-bond acceptors (Lipinski definition) is 4. The van der Waals surface area contributed by atoms with E-state index in [9.17, 15) is 4.79 Å². The number of fused-ring (bicyclic) bond motifs is 1. The average molecular weight is 235 g/mol. The van der Waals surface area contributed by atoms with Gasteiger partial charge in [0.05, 0.1) is 11.7 Å². The van der Waals surface area contributed by atoms with Gasteiger partial charge in [-0.15, -0.1) is 11.3 Å². The summed E-state index contributed by atoms with van der Waals surface area (Å²) in [6.45, 7) is 5.12. The largest absolute Gasteiger partial charge is 0.316 e. The molecule has 0 saturated carbocycles. The predicted molar refractivity (Wildman–Crippen MR) is 66.9 cm³/mol. The zero-order valence-corrected chi connectivity index (χ0v) is 9.88. The number of nitrogens with zero attached hydrogens (tertiary/aromatic N) is 2. The van der Waals surface area contributed by atoms with E-state index in [4.69, 9.17) is 0 Å². The molecule has 0 amide bonds. The molecule has 5 heteroatoms. The Morgan fingerprint density at radius 3 is 3.25 bits per heavy atom. The van der Waals surface area contributed by atoms with E-state index in [2.05, 4.69) is 16.9 Å². The second-order valence-corrected chi connectivity index (χ2v) is 4.49. The van der Waals surface area contributed by atoms with Gasteiger partial charge in [-0.05, 0) is 24.1 Å². The van der Waals surface area contributed by atoms with E-state index in [1.165, 1.54) is 11.3 Å². The van der Waals surface area contributed by atoms with Gasteiger partial charge in [0.25, 0.3) is 5.56 Å². The molecule has 2 rings (SSSR count). The van der Waals surface area contributed by atoms with E-state index in [0.29, 0.717) is 18.5 Å². The van der Waals surface area contributed by atoms with Crippen LogP contribution in [-0.4, -0.2) is 23.1 Å². The van der Waals surface area contributed by atoms with Crippen LogP contribution in [0.25, 0.3) is 10.2 Å². The highest BCUT2D eigenvalue weighted by atomic mass is 32.1. The number of hydrogen-bond donors (Lipinski definition) is 1. The van der Waals surface area contributed by atoms with Gasteiger partial charge in [0.1, 0.15) is 4.83 Å². The minimum Gasteiger partial charge on any atom is -0.316 e. The number of likely N-dealkylation sites (N-methyl/N-ethyl adjacent to an activating group) is 1. The first-order valence-corrected chi connectivity index (χ1v) is 5.84. The van der Waals surface area contributed by atoms with Crippen LogP contribution in [0.4, 0.5) is 0 Å². The van der Waals surface area contributed by atoms with Crippen molar-refractivity contribution >= 4 is 21.6 Å². The Hall–Kier alpha value is -1.46. The van der Waals surface area contributed by atoms with E-state index in [-0.39, 0.29) is 5.56 Å². The normalized spacial score (nSPS) is 10.8. The Bertz CT molecular complexity index is 570. The molecule has 0 atom stereocenters. The molecule has 2 aromatic rings. The fourth-order valence-corrected chi connectivity index (χ4v) is 2.28. The molecule has 0 bridgehead atoms. The first-order chi connectivity index (χ1) is 7.72. The van der Waals surface area contributed by atoms with Crippen LogP contribution in [0.1, 0.15) is 0 Å². The molecular formula is C11H13N3OS. The van der Waals surface area contributed by atoms with Crippen LogP contribution in [0.2, 0.25) is 0 Å². The Morgan fingerprint density at radius 2 is 2.50 bits per heavy atom. The maximum absolute atomic E-state index is 12.0. The lowest BCUT2D eigenvalue weighted by Crippen LogP contribution is -2.23. The lowest BCUT2D eigenvalue weighted by Gasteiger charge is -2.07. The molecule has 1 N–H and O–H groups in total. The Morgan fingerprint density at radius 1 is 1.69 bits per heavy atom. The molecule has 0 saturated heterocycles. The van der Waals surface area contributed by atoms with E-state index < -0.39 is 0 Å². The van der Waals surface area contributed by atoms with Crippen LogP contribution in [0.5, 0.6) is 0 Å². The average Bonchev–Trinajstić information content (AvgIpc) is 2.71. The van der Waals surface area contributed by atoms with E-state index >= 15 is 0 Å². The molecule has 2 heterocycles. The molecule has 0 aliphatic carbocycles. The highest BCUT2D eigenvalue weighted by molar-refractivity contribution is 7.16. The first kappa shape index (κ1) is 11.0. The molecule has 0 aromatic carbocycles. The third kappa shape index (κ3) is 2.05. The molecule has 0 spiro atoms. The molecule has 16 heavy (non-hydrogen) atoms. The van der Waals surface area contributed by atoms with Crippen molar-refractivity contribution in [3.8, 4) is 0 Å². The molecular weight excluding hydrogens is 222 g/mol. The minimum atomic E-state index is 0.00324. The van der Waals surface area contributed by atoms with Crippen molar-refractivity contribution in [1.29, 1.82) is 0 Å². The van der Waals surface area contributed by atoms with Gasteiger partial charge in [0, 0.05) is 13.1 Å². The summed E-state index contributed by atoms with van der Waals surface area (Å²) >= 11 is 1.48. The summed E-state index contributed by atoms with van der Waals surface area (Å²) in [6.07, 6.45) is 1.59. The van der Waals surface area contributed by atoms with E-state index in [1.54, 1.807) is 10.9 Å². The maximum Gasteiger partial charge on any atom is 0.262 e. The minimum absolute atomic E-state index is 0.00324. The standard InChI is InChI=1S/C11H13N3OS/c1-8(5-12-2)6-14-7-13-10-9(11(14)15)3-4-16-10/h3-4,7,12H,1,5-6H2,2H3. The Kier molecular flexibility index (Phi) is 3.17. The SMILES string of the molecule is C=C(CNC)Cn1cnc2sccc2c1=O. The summed E-state index contributed by atoms with van der Waals surface area (Å²) in [5.41, 5.74) is 0.962. The van der Waals surface area contributed by atoms with Crippen molar-refractivity contribution in [2.24, 2.45) is 0 Å². The molecule has 0 radical (unpaired) electrons. The highest BCUT2D eigenvalue weighted by Crippen LogP contribution is 2.13. The van der Waals surface area contributed by atoms with Gasteiger partial charge in [-0.3, -0.25) is 9.36 Å². The molecule has 0 aliphatic heterocycles. The smallest absolute Gasteiger partial charge is 0.262 e. The second-order valence-electron chi connectivity index (χ2n) is 3.60. The lowest BCUT2D eigenvalue weighted by atomic mass is 10.3. The van der Waals surface area contributed by atoms with Crippen LogP contribution in [0.3, 0.4) is 0 Å². The van der Waals surface area contributed by atoms with Crippen molar-refractivity contribution in [3.63, 3.8) is 0 Å². The molecule has 4 nitrogen and oxygen atoms in total. The zero-order chi connectivity index (χ0) is 11.5.